The van der Waals surface area contributed by atoms with Gasteiger partial charge in [-0.25, -0.2) is 0 Å². The topological polar surface area (TPSA) is 30.3 Å². The molecule has 2 saturated heterocycles. The second-order valence-electron chi connectivity index (χ2n) is 4.86. The summed E-state index contributed by atoms with van der Waals surface area (Å²) in [5.74, 6) is 0. The van der Waals surface area contributed by atoms with Gasteiger partial charge < -0.3 is 9.80 Å². The highest BCUT2D eigenvalue weighted by Gasteiger charge is 2.46. The summed E-state index contributed by atoms with van der Waals surface area (Å²) in [7, 11) is 0. The zero-order chi connectivity index (χ0) is 10.2. The molecule has 1 spiro atoms. The smallest absolute Gasteiger partial charge is 0.179 e. The fraction of sp³-hybridized carbons (Fsp3) is 0.909. The number of piperidine rings is 1. The van der Waals surface area contributed by atoms with Crippen molar-refractivity contribution in [3.63, 3.8) is 0 Å². The van der Waals surface area contributed by atoms with Gasteiger partial charge in [-0.2, -0.15) is 5.26 Å². The third-order valence-corrected chi connectivity index (χ3v) is 3.95. The standard InChI is InChI=1S/C11H19N3/c1-10(2)13-6-3-11(4-7-13)5-8-14(11)9-12/h10H,3-8H2,1-2H3. The normalized spacial score (nSPS) is 26.3. The first-order valence-electron chi connectivity index (χ1n) is 5.59. The van der Waals surface area contributed by atoms with Gasteiger partial charge in [0.2, 0.25) is 0 Å². The van der Waals surface area contributed by atoms with Gasteiger partial charge in [0.1, 0.15) is 0 Å². The maximum absolute atomic E-state index is 8.94. The fourth-order valence-electron chi connectivity index (χ4n) is 2.67. The minimum absolute atomic E-state index is 0.264. The lowest BCUT2D eigenvalue weighted by Crippen LogP contribution is -2.62. The van der Waals surface area contributed by atoms with Crippen LogP contribution in [0.5, 0.6) is 0 Å². The molecule has 2 rings (SSSR count). The molecule has 2 aliphatic rings. The third kappa shape index (κ3) is 1.38. The Morgan fingerprint density at radius 2 is 1.71 bits per heavy atom. The molecule has 3 heteroatoms. The van der Waals surface area contributed by atoms with Crippen molar-refractivity contribution < 1.29 is 0 Å². The monoisotopic (exact) mass is 193 g/mol. The molecule has 0 radical (unpaired) electrons. The number of hydrogen-bond acceptors (Lipinski definition) is 3. The van der Waals surface area contributed by atoms with Crippen molar-refractivity contribution in [1.29, 1.82) is 5.26 Å². The Morgan fingerprint density at radius 1 is 1.14 bits per heavy atom. The minimum Gasteiger partial charge on any atom is -0.304 e. The van der Waals surface area contributed by atoms with Gasteiger partial charge in [-0.05, 0) is 33.1 Å². The zero-order valence-corrected chi connectivity index (χ0v) is 9.16. The van der Waals surface area contributed by atoms with E-state index in [0.29, 0.717) is 6.04 Å². The van der Waals surface area contributed by atoms with Crippen molar-refractivity contribution in [2.24, 2.45) is 0 Å². The summed E-state index contributed by atoms with van der Waals surface area (Å²) < 4.78 is 0. The number of nitriles is 1. The fourth-order valence-corrected chi connectivity index (χ4v) is 2.67. The molecule has 14 heavy (non-hydrogen) atoms. The summed E-state index contributed by atoms with van der Waals surface area (Å²) in [6.07, 6.45) is 5.91. The van der Waals surface area contributed by atoms with Gasteiger partial charge in [0.05, 0.1) is 5.54 Å². The maximum Gasteiger partial charge on any atom is 0.179 e. The van der Waals surface area contributed by atoms with Gasteiger partial charge in [-0.1, -0.05) is 0 Å². The van der Waals surface area contributed by atoms with E-state index in [0.717, 1.165) is 19.6 Å². The molecule has 0 aromatic heterocycles. The zero-order valence-electron chi connectivity index (χ0n) is 9.16. The molecule has 0 unspecified atom stereocenters. The Hall–Kier alpha value is -0.750. The SMILES string of the molecule is CC(C)N1CCC2(CC1)CCN2C#N. The molecule has 3 nitrogen and oxygen atoms in total. The second-order valence-corrected chi connectivity index (χ2v) is 4.86. The van der Waals surface area contributed by atoms with Crippen LogP contribution >= 0.6 is 0 Å². The first kappa shape index (κ1) is 9.79. The van der Waals surface area contributed by atoms with Gasteiger partial charge in [0, 0.05) is 25.7 Å². The number of nitrogens with zero attached hydrogens (tertiary/aromatic N) is 3. The third-order valence-electron chi connectivity index (χ3n) is 3.95. The molecule has 2 aliphatic heterocycles. The van der Waals surface area contributed by atoms with Gasteiger partial charge in [-0.15, -0.1) is 0 Å². The first-order chi connectivity index (χ1) is 6.68. The summed E-state index contributed by atoms with van der Waals surface area (Å²) in [6.45, 7) is 7.81. The van der Waals surface area contributed by atoms with E-state index in [9.17, 15) is 0 Å². The van der Waals surface area contributed by atoms with Crippen LogP contribution in [0.4, 0.5) is 0 Å². The summed E-state index contributed by atoms with van der Waals surface area (Å²) in [5.41, 5.74) is 0.264. The van der Waals surface area contributed by atoms with Gasteiger partial charge in [0.15, 0.2) is 6.19 Å². The van der Waals surface area contributed by atoms with Gasteiger partial charge in [0.25, 0.3) is 0 Å². The van der Waals surface area contributed by atoms with Gasteiger partial charge in [-0.3, -0.25) is 0 Å². The molecule has 0 amide bonds. The molecule has 0 aliphatic carbocycles. The molecule has 0 saturated carbocycles. The van der Waals surface area contributed by atoms with Crippen LogP contribution in [-0.4, -0.2) is 41.0 Å². The van der Waals surface area contributed by atoms with Crippen molar-refractivity contribution in [3.05, 3.63) is 0 Å². The average molecular weight is 193 g/mol. The lowest BCUT2D eigenvalue weighted by molar-refractivity contribution is -0.0230. The molecule has 2 heterocycles. The van der Waals surface area contributed by atoms with E-state index in [1.165, 1.54) is 19.3 Å². The summed E-state index contributed by atoms with van der Waals surface area (Å²) >= 11 is 0. The van der Waals surface area contributed by atoms with E-state index in [-0.39, 0.29) is 5.54 Å². The molecule has 0 N–H and O–H groups in total. The number of rotatable bonds is 1. The molecule has 0 aromatic rings. The predicted molar refractivity (Wildman–Crippen MR) is 55.6 cm³/mol. The van der Waals surface area contributed by atoms with E-state index in [1.807, 2.05) is 4.90 Å². The predicted octanol–water partition coefficient (Wildman–Crippen LogP) is 1.42. The first-order valence-corrected chi connectivity index (χ1v) is 5.59. The van der Waals surface area contributed by atoms with Crippen LogP contribution < -0.4 is 0 Å². The van der Waals surface area contributed by atoms with E-state index in [1.54, 1.807) is 0 Å². The lowest BCUT2D eigenvalue weighted by Gasteiger charge is -2.54. The molecule has 78 valence electrons. The lowest BCUT2D eigenvalue weighted by atomic mass is 9.76. The van der Waals surface area contributed by atoms with Crippen LogP contribution in [0.1, 0.15) is 33.1 Å². The Morgan fingerprint density at radius 3 is 2.07 bits per heavy atom. The molecule has 2 fully saturated rings. The van der Waals surface area contributed by atoms with E-state index in [2.05, 4.69) is 24.9 Å². The van der Waals surface area contributed by atoms with Crippen LogP contribution in [0.25, 0.3) is 0 Å². The average Bonchev–Trinajstić information content (AvgIpc) is 2.17. The Bertz CT molecular complexity index is 246. The van der Waals surface area contributed by atoms with E-state index < -0.39 is 0 Å². The molecular formula is C11H19N3. The highest BCUT2D eigenvalue weighted by molar-refractivity contribution is 5.07. The Labute approximate surface area is 86.3 Å². The molecule has 0 bridgehead atoms. The van der Waals surface area contributed by atoms with Crippen LogP contribution in [0.15, 0.2) is 0 Å². The van der Waals surface area contributed by atoms with Crippen molar-refractivity contribution in [2.75, 3.05) is 19.6 Å². The number of hydrogen-bond donors (Lipinski definition) is 0. The highest BCUT2D eigenvalue weighted by atomic mass is 15.3. The van der Waals surface area contributed by atoms with Crippen LogP contribution in [0.2, 0.25) is 0 Å². The quantitative estimate of drug-likeness (QED) is 0.590. The minimum atomic E-state index is 0.264. The number of likely N-dealkylation sites (tertiary alicyclic amines) is 2. The van der Waals surface area contributed by atoms with Gasteiger partial charge >= 0.3 is 0 Å². The largest absolute Gasteiger partial charge is 0.304 e. The van der Waals surface area contributed by atoms with E-state index >= 15 is 0 Å². The summed E-state index contributed by atoms with van der Waals surface area (Å²) in [4.78, 5) is 4.50. The Kier molecular flexibility index (Phi) is 2.40. The highest BCUT2D eigenvalue weighted by Crippen LogP contribution is 2.39. The summed E-state index contributed by atoms with van der Waals surface area (Å²) in [5, 5.41) is 8.94. The van der Waals surface area contributed by atoms with Crippen molar-refractivity contribution in [3.8, 4) is 6.19 Å². The van der Waals surface area contributed by atoms with Crippen molar-refractivity contribution >= 4 is 0 Å². The Balaban J connectivity index is 1.93. The molecule has 0 aromatic carbocycles. The molecular weight excluding hydrogens is 174 g/mol. The van der Waals surface area contributed by atoms with E-state index in [4.69, 9.17) is 5.26 Å². The van der Waals surface area contributed by atoms with Crippen molar-refractivity contribution in [2.45, 2.75) is 44.7 Å². The molecule has 0 atom stereocenters. The maximum atomic E-state index is 8.94. The van der Waals surface area contributed by atoms with Crippen molar-refractivity contribution in [1.82, 2.24) is 9.80 Å². The van der Waals surface area contributed by atoms with Crippen LogP contribution in [-0.2, 0) is 0 Å². The summed E-state index contributed by atoms with van der Waals surface area (Å²) in [6, 6.07) is 0.656. The second kappa shape index (κ2) is 3.43. The van der Waals surface area contributed by atoms with Crippen LogP contribution in [0, 0.1) is 11.5 Å². The van der Waals surface area contributed by atoms with Crippen LogP contribution in [0.3, 0.4) is 0 Å².